The lowest BCUT2D eigenvalue weighted by molar-refractivity contribution is 1.16. The van der Waals surface area contributed by atoms with Crippen LogP contribution in [0.15, 0.2) is 42.5 Å². The predicted octanol–water partition coefficient (Wildman–Crippen LogP) is 3.99. The second kappa shape index (κ2) is 3.28. The van der Waals surface area contributed by atoms with E-state index in [-0.39, 0.29) is 0 Å². The SMILES string of the molecule is Clc1ccc2c(c1)Nc1ccccc1C2. The number of fused-ring (bicyclic) bond motifs is 2. The molecule has 0 fully saturated rings. The van der Waals surface area contributed by atoms with Gasteiger partial charge in [-0.05, 0) is 29.3 Å². The van der Waals surface area contributed by atoms with E-state index in [1.54, 1.807) is 0 Å². The average Bonchev–Trinajstić information content (AvgIpc) is 2.26. The fraction of sp³-hybridized carbons (Fsp3) is 0.0769. The van der Waals surface area contributed by atoms with Gasteiger partial charge in [-0.3, -0.25) is 0 Å². The van der Waals surface area contributed by atoms with Crippen LogP contribution >= 0.6 is 11.6 Å². The minimum Gasteiger partial charge on any atom is -0.355 e. The van der Waals surface area contributed by atoms with Crippen LogP contribution in [0.3, 0.4) is 0 Å². The van der Waals surface area contributed by atoms with Crippen LogP contribution in [-0.4, -0.2) is 0 Å². The Balaban J connectivity index is 2.11. The maximum atomic E-state index is 5.96. The largest absolute Gasteiger partial charge is 0.355 e. The van der Waals surface area contributed by atoms with Gasteiger partial charge in [0.05, 0.1) is 0 Å². The van der Waals surface area contributed by atoms with Crippen LogP contribution in [0.1, 0.15) is 11.1 Å². The summed E-state index contributed by atoms with van der Waals surface area (Å²) in [4.78, 5) is 0. The van der Waals surface area contributed by atoms with E-state index in [0.717, 1.165) is 17.1 Å². The predicted molar refractivity (Wildman–Crippen MR) is 64.0 cm³/mol. The first-order valence-corrected chi connectivity index (χ1v) is 5.34. The van der Waals surface area contributed by atoms with Crippen molar-refractivity contribution in [3.05, 3.63) is 58.6 Å². The lowest BCUT2D eigenvalue weighted by Gasteiger charge is -2.21. The molecule has 1 aliphatic heterocycles. The standard InChI is InChI=1S/C13H10ClN/c14-11-6-5-10-7-9-3-1-2-4-12(9)15-13(10)8-11/h1-6,8,15H,7H2. The highest BCUT2D eigenvalue weighted by atomic mass is 35.5. The van der Waals surface area contributed by atoms with E-state index in [2.05, 4.69) is 29.6 Å². The Morgan fingerprint density at radius 1 is 0.933 bits per heavy atom. The molecule has 2 heteroatoms. The van der Waals surface area contributed by atoms with Gasteiger partial charge in [-0.1, -0.05) is 35.9 Å². The summed E-state index contributed by atoms with van der Waals surface area (Å²) in [5, 5.41) is 4.18. The van der Waals surface area contributed by atoms with E-state index in [4.69, 9.17) is 11.6 Å². The first kappa shape index (κ1) is 8.81. The third-order valence-electron chi connectivity index (χ3n) is 2.74. The highest BCUT2D eigenvalue weighted by Crippen LogP contribution is 2.33. The third-order valence-corrected chi connectivity index (χ3v) is 2.97. The average molecular weight is 216 g/mol. The molecule has 0 saturated carbocycles. The van der Waals surface area contributed by atoms with Crippen molar-refractivity contribution in [2.75, 3.05) is 5.32 Å². The summed E-state index contributed by atoms with van der Waals surface area (Å²) >= 11 is 5.96. The summed E-state index contributed by atoms with van der Waals surface area (Å²) in [6.45, 7) is 0. The summed E-state index contributed by atoms with van der Waals surface area (Å²) in [7, 11) is 0. The zero-order valence-corrected chi connectivity index (χ0v) is 8.88. The van der Waals surface area contributed by atoms with Gasteiger partial charge in [-0.15, -0.1) is 0 Å². The zero-order valence-electron chi connectivity index (χ0n) is 8.13. The molecule has 0 radical (unpaired) electrons. The van der Waals surface area contributed by atoms with Crippen molar-refractivity contribution in [1.82, 2.24) is 0 Å². The van der Waals surface area contributed by atoms with Crippen LogP contribution in [0, 0.1) is 0 Å². The molecule has 0 unspecified atom stereocenters. The van der Waals surface area contributed by atoms with Gasteiger partial charge >= 0.3 is 0 Å². The molecule has 0 amide bonds. The van der Waals surface area contributed by atoms with Crippen LogP contribution in [0.4, 0.5) is 11.4 Å². The van der Waals surface area contributed by atoms with E-state index in [1.165, 1.54) is 16.8 Å². The summed E-state index contributed by atoms with van der Waals surface area (Å²) in [6.07, 6.45) is 0.982. The molecule has 0 spiro atoms. The quantitative estimate of drug-likeness (QED) is 0.598. The molecule has 1 N–H and O–H groups in total. The van der Waals surface area contributed by atoms with Crippen LogP contribution in [0.2, 0.25) is 5.02 Å². The number of hydrogen-bond acceptors (Lipinski definition) is 1. The molecule has 1 aliphatic rings. The minimum atomic E-state index is 0.778. The van der Waals surface area contributed by atoms with Crippen LogP contribution in [0.5, 0.6) is 0 Å². The number of rotatable bonds is 0. The molecule has 0 atom stereocenters. The summed E-state index contributed by atoms with van der Waals surface area (Å²) in [6, 6.07) is 14.4. The fourth-order valence-corrected chi connectivity index (χ4v) is 2.14. The Morgan fingerprint density at radius 2 is 1.73 bits per heavy atom. The number of hydrogen-bond donors (Lipinski definition) is 1. The Labute approximate surface area is 93.7 Å². The van der Waals surface area contributed by atoms with E-state index >= 15 is 0 Å². The number of para-hydroxylation sites is 1. The normalized spacial score (nSPS) is 12.6. The second-order valence-corrected chi connectivity index (χ2v) is 4.20. The number of halogens is 1. The lowest BCUT2D eigenvalue weighted by atomic mass is 9.98. The van der Waals surface area contributed by atoms with Crippen molar-refractivity contribution in [3.8, 4) is 0 Å². The summed E-state index contributed by atoms with van der Waals surface area (Å²) in [5.41, 5.74) is 4.96. The molecule has 0 aliphatic carbocycles. The van der Waals surface area contributed by atoms with Crippen LogP contribution < -0.4 is 5.32 Å². The van der Waals surface area contributed by atoms with E-state index < -0.39 is 0 Å². The highest BCUT2D eigenvalue weighted by molar-refractivity contribution is 6.30. The maximum absolute atomic E-state index is 5.96. The molecule has 74 valence electrons. The van der Waals surface area contributed by atoms with Crippen molar-refractivity contribution < 1.29 is 0 Å². The van der Waals surface area contributed by atoms with E-state index in [9.17, 15) is 0 Å². The Hall–Kier alpha value is -1.47. The molecular formula is C13H10ClN. The molecule has 0 bridgehead atoms. The van der Waals surface area contributed by atoms with Gasteiger partial charge in [-0.2, -0.15) is 0 Å². The van der Waals surface area contributed by atoms with Gasteiger partial charge in [0, 0.05) is 22.8 Å². The topological polar surface area (TPSA) is 12.0 Å². The van der Waals surface area contributed by atoms with Crippen LogP contribution in [0.25, 0.3) is 0 Å². The summed E-state index contributed by atoms with van der Waals surface area (Å²) < 4.78 is 0. The van der Waals surface area contributed by atoms with E-state index in [0.29, 0.717) is 0 Å². The second-order valence-electron chi connectivity index (χ2n) is 3.76. The molecule has 0 saturated heterocycles. The van der Waals surface area contributed by atoms with Gasteiger partial charge in [0.2, 0.25) is 0 Å². The van der Waals surface area contributed by atoms with Crippen LogP contribution in [-0.2, 0) is 6.42 Å². The Kier molecular flexibility index (Phi) is 1.93. The Morgan fingerprint density at radius 3 is 2.67 bits per heavy atom. The molecule has 3 rings (SSSR count). The number of benzene rings is 2. The number of anilines is 2. The molecular weight excluding hydrogens is 206 g/mol. The van der Waals surface area contributed by atoms with Gasteiger partial charge in [-0.25, -0.2) is 0 Å². The van der Waals surface area contributed by atoms with Gasteiger partial charge in [0.15, 0.2) is 0 Å². The van der Waals surface area contributed by atoms with Crippen molar-refractivity contribution in [2.24, 2.45) is 0 Å². The van der Waals surface area contributed by atoms with Gasteiger partial charge < -0.3 is 5.32 Å². The molecule has 1 nitrogen and oxygen atoms in total. The van der Waals surface area contributed by atoms with Gasteiger partial charge in [0.1, 0.15) is 0 Å². The van der Waals surface area contributed by atoms with Crippen molar-refractivity contribution in [2.45, 2.75) is 6.42 Å². The molecule has 2 aromatic rings. The molecule has 0 aromatic heterocycles. The maximum Gasteiger partial charge on any atom is 0.0435 e. The zero-order chi connectivity index (χ0) is 10.3. The van der Waals surface area contributed by atoms with Crippen molar-refractivity contribution in [3.63, 3.8) is 0 Å². The molecule has 1 heterocycles. The monoisotopic (exact) mass is 215 g/mol. The number of nitrogens with one attached hydrogen (secondary N) is 1. The smallest absolute Gasteiger partial charge is 0.0435 e. The first-order chi connectivity index (χ1) is 7.33. The van der Waals surface area contributed by atoms with Crippen molar-refractivity contribution >= 4 is 23.0 Å². The third kappa shape index (κ3) is 1.49. The fourth-order valence-electron chi connectivity index (χ4n) is 1.97. The molecule has 2 aromatic carbocycles. The highest BCUT2D eigenvalue weighted by Gasteiger charge is 2.13. The first-order valence-electron chi connectivity index (χ1n) is 4.96. The minimum absolute atomic E-state index is 0.778. The van der Waals surface area contributed by atoms with Gasteiger partial charge in [0.25, 0.3) is 0 Å². The lowest BCUT2D eigenvalue weighted by Crippen LogP contribution is -2.06. The van der Waals surface area contributed by atoms with E-state index in [1.807, 2.05) is 18.2 Å². The Bertz CT molecular complexity index is 520. The molecule has 15 heavy (non-hydrogen) atoms. The van der Waals surface area contributed by atoms with Crippen molar-refractivity contribution in [1.29, 1.82) is 0 Å². The summed E-state index contributed by atoms with van der Waals surface area (Å²) in [5.74, 6) is 0.